The summed E-state index contributed by atoms with van der Waals surface area (Å²) in [4.78, 5) is 5.26. The van der Waals surface area contributed by atoms with Gasteiger partial charge in [0.2, 0.25) is 5.82 Å². The Balaban J connectivity index is 1.98. The van der Waals surface area contributed by atoms with Crippen molar-refractivity contribution in [3.63, 3.8) is 0 Å². The second kappa shape index (κ2) is 4.79. The van der Waals surface area contributed by atoms with Gasteiger partial charge in [0.15, 0.2) is 0 Å². The number of aromatic nitrogens is 2. The van der Waals surface area contributed by atoms with Crippen LogP contribution in [0.2, 0.25) is 0 Å². The highest BCUT2D eigenvalue weighted by Gasteiger charge is 2.13. The quantitative estimate of drug-likeness (QED) is 0.760. The second-order valence-electron chi connectivity index (χ2n) is 4.05. The minimum absolute atomic E-state index is 0.219. The van der Waals surface area contributed by atoms with Crippen LogP contribution in [0.25, 0.3) is 22.2 Å². The summed E-state index contributed by atoms with van der Waals surface area (Å²) in [5.41, 5.74) is 1.52. The van der Waals surface area contributed by atoms with E-state index in [9.17, 15) is 5.11 Å². The van der Waals surface area contributed by atoms with E-state index in [1.165, 1.54) is 11.3 Å². The van der Waals surface area contributed by atoms with Gasteiger partial charge in [-0.1, -0.05) is 11.2 Å². The molecule has 0 saturated carbocycles. The van der Waals surface area contributed by atoms with Gasteiger partial charge in [0.1, 0.15) is 5.75 Å². The number of aromatic hydroxyl groups is 1. The van der Waals surface area contributed by atoms with Crippen molar-refractivity contribution in [3.05, 3.63) is 39.7 Å². The van der Waals surface area contributed by atoms with Gasteiger partial charge in [0.25, 0.3) is 5.89 Å². The molecule has 0 fully saturated rings. The van der Waals surface area contributed by atoms with Crippen LogP contribution in [0.15, 0.2) is 38.6 Å². The lowest BCUT2D eigenvalue weighted by Crippen LogP contribution is -1.80. The molecule has 0 aliphatic carbocycles. The summed E-state index contributed by atoms with van der Waals surface area (Å²) >= 11 is 4.93. The molecular weight excluding hydrogens is 328 g/mol. The van der Waals surface area contributed by atoms with Crippen LogP contribution in [-0.4, -0.2) is 15.2 Å². The second-order valence-corrected chi connectivity index (χ2v) is 5.88. The molecule has 0 aliphatic heterocycles. The molecule has 3 aromatic rings. The van der Waals surface area contributed by atoms with Gasteiger partial charge in [0, 0.05) is 15.4 Å². The van der Waals surface area contributed by atoms with E-state index in [0.29, 0.717) is 17.3 Å². The predicted octanol–water partition coefficient (Wildman–Crippen LogP) is 4.24. The number of hydrogen-bond donors (Lipinski definition) is 1. The van der Waals surface area contributed by atoms with Crippen LogP contribution in [-0.2, 0) is 0 Å². The van der Waals surface area contributed by atoms with Gasteiger partial charge in [0.05, 0.1) is 4.88 Å². The lowest BCUT2D eigenvalue weighted by Gasteiger charge is -1.99. The van der Waals surface area contributed by atoms with E-state index in [0.717, 1.165) is 14.9 Å². The van der Waals surface area contributed by atoms with Crippen LogP contribution < -0.4 is 0 Å². The zero-order valence-electron chi connectivity index (χ0n) is 9.92. The summed E-state index contributed by atoms with van der Waals surface area (Å²) in [5, 5.41) is 15.6. The van der Waals surface area contributed by atoms with Gasteiger partial charge < -0.3 is 9.63 Å². The van der Waals surface area contributed by atoms with E-state index < -0.39 is 0 Å². The van der Waals surface area contributed by atoms with Crippen molar-refractivity contribution in [1.82, 2.24) is 10.1 Å². The number of phenols is 1. The molecule has 19 heavy (non-hydrogen) atoms. The average molecular weight is 337 g/mol. The Hall–Kier alpha value is -1.66. The molecule has 0 radical (unpaired) electrons. The fourth-order valence-corrected chi connectivity index (χ4v) is 2.97. The van der Waals surface area contributed by atoms with Crippen molar-refractivity contribution in [2.75, 3.05) is 0 Å². The first kappa shape index (κ1) is 12.4. The van der Waals surface area contributed by atoms with Gasteiger partial charge in [-0.3, -0.25) is 0 Å². The molecule has 0 saturated heterocycles. The van der Waals surface area contributed by atoms with Crippen molar-refractivity contribution < 1.29 is 9.63 Å². The number of halogens is 1. The van der Waals surface area contributed by atoms with Gasteiger partial charge in [-0.2, -0.15) is 4.98 Å². The molecule has 1 N–H and O–H groups in total. The molecule has 0 bridgehead atoms. The summed E-state index contributed by atoms with van der Waals surface area (Å²) in [6, 6.07) is 7.22. The number of benzene rings is 1. The summed E-state index contributed by atoms with van der Waals surface area (Å²) in [6.45, 7) is 1.83. The number of rotatable bonds is 2. The molecule has 6 heteroatoms. The fraction of sp³-hybridized carbons (Fsp3) is 0.0769. The molecule has 3 rings (SSSR count). The van der Waals surface area contributed by atoms with E-state index in [-0.39, 0.29) is 5.75 Å². The first-order chi connectivity index (χ1) is 9.13. The van der Waals surface area contributed by atoms with E-state index in [1.54, 1.807) is 6.07 Å². The summed E-state index contributed by atoms with van der Waals surface area (Å²) in [6.07, 6.45) is 0. The van der Waals surface area contributed by atoms with Crippen molar-refractivity contribution >= 4 is 27.3 Å². The van der Waals surface area contributed by atoms with Gasteiger partial charge >= 0.3 is 0 Å². The maximum Gasteiger partial charge on any atom is 0.258 e. The highest BCUT2D eigenvalue weighted by atomic mass is 79.9. The molecule has 0 spiro atoms. The molecule has 0 aliphatic rings. The van der Waals surface area contributed by atoms with E-state index in [2.05, 4.69) is 26.1 Å². The fourth-order valence-electron chi connectivity index (χ4n) is 1.61. The first-order valence-corrected chi connectivity index (χ1v) is 7.19. The Morgan fingerprint density at radius 1 is 1.32 bits per heavy atom. The zero-order chi connectivity index (χ0) is 13.4. The molecule has 0 atom stereocenters. The third-order valence-corrected chi connectivity index (χ3v) is 4.36. The van der Waals surface area contributed by atoms with Gasteiger partial charge in [-0.25, -0.2) is 0 Å². The van der Waals surface area contributed by atoms with Crippen molar-refractivity contribution in [2.24, 2.45) is 0 Å². The molecule has 4 nitrogen and oxygen atoms in total. The van der Waals surface area contributed by atoms with Crippen LogP contribution in [0, 0.1) is 6.92 Å². The van der Waals surface area contributed by atoms with Crippen LogP contribution >= 0.6 is 27.3 Å². The number of nitrogens with zero attached hydrogens (tertiary/aromatic N) is 2. The lowest BCUT2D eigenvalue weighted by molar-refractivity contribution is 0.431. The molecule has 2 heterocycles. The summed E-state index contributed by atoms with van der Waals surface area (Å²) in [7, 11) is 0. The Morgan fingerprint density at radius 2 is 2.16 bits per heavy atom. The SMILES string of the molecule is Cc1ccc(-c2nc(-c3cc(Br)cs3)no2)cc1O. The van der Waals surface area contributed by atoms with E-state index in [4.69, 9.17) is 4.52 Å². The molecular formula is C13H9BrN2O2S. The Bertz CT molecular complexity index is 736. The highest BCUT2D eigenvalue weighted by Crippen LogP contribution is 2.30. The Labute approximate surface area is 121 Å². The lowest BCUT2D eigenvalue weighted by atomic mass is 10.1. The number of phenolic OH excluding ortho intramolecular Hbond substituents is 1. The van der Waals surface area contributed by atoms with Crippen molar-refractivity contribution in [3.8, 4) is 27.9 Å². The molecule has 1 aromatic carbocycles. The van der Waals surface area contributed by atoms with Crippen LogP contribution in [0.3, 0.4) is 0 Å². The van der Waals surface area contributed by atoms with E-state index >= 15 is 0 Å². The smallest absolute Gasteiger partial charge is 0.258 e. The maximum absolute atomic E-state index is 9.69. The number of aryl methyl sites for hydroxylation is 1. The average Bonchev–Trinajstić information content (AvgIpc) is 3.01. The topological polar surface area (TPSA) is 59.2 Å². The van der Waals surface area contributed by atoms with E-state index in [1.807, 2.05) is 30.5 Å². The van der Waals surface area contributed by atoms with Gasteiger partial charge in [-0.15, -0.1) is 11.3 Å². The molecule has 96 valence electrons. The summed E-state index contributed by atoms with van der Waals surface area (Å²) in [5.74, 6) is 1.16. The van der Waals surface area contributed by atoms with Crippen LogP contribution in [0.4, 0.5) is 0 Å². The van der Waals surface area contributed by atoms with Crippen LogP contribution in [0.1, 0.15) is 5.56 Å². The third kappa shape index (κ3) is 2.41. The molecule has 0 unspecified atom stereocenters. The number of hydrogen-bond acceptors (Lipinski definition) is 5. The number of thiophene rings is 1. The van der Waals surface area contributed by atoms with Crippen molar-refractivity contribution in [1.29, 1.82) is 0 Å². The molecule has 2 aromatic heterocycles. The summed E-state index contributed by atoms with van der Waals surface area (Å²) < 4.78 is 6.22. The monoisotopic (exact) mass is 336 g/mol. The third-order valence-electron chi connectivity index (χ3n) is 2.67. The maximum atomic E-state index is 9.69. The first-order valence-electron chi connectivity index (χ1n) is 5.51. The van der Waals surface area contributed by atoms with Crippen molar-refractivity contribution in [2.45, 2.75) is 6.92 Å². The predicted molar refractivity (Wildman–Crippen MR) is 77.1 cm³/mol. The largest absolute Gasteiger partial charge is 0.508 e. The minimum atomic E-state index is 0.219. The van der Waals surface area contributed by atoms with Gasteiger partial charge in [-0.05, 0) is 46.6 Å². The normalized spacial score (nSPS) is 10.8. The highest BCUT2D eigenvalue weighted by molar-refractivity contribution is 9.10. The standard InChI is InChI=1S/C13H9BrN2O2S/c1-7-2-3-8(4-10(7)17)13-15-12(16-18-13)11-5-9(14)6-19-11/h2-6,17H,1H3. The Kier molecular flexibility index (Phi) is 3.12. The zero-order valence-corrected chi connectivity index (χ0v) is 12.3. The van der Waals surface area contributed by atoms with Crippen LogP contribution in [0.5, 0.6) is 5.75 Å². The Morgan fingerprint density at radius 3 is 2.84 bits per heavy atom. The minimum Gasteiger partial charge on any atom is -0.508 e. The molecule has 0 amide bonds.